The van der Waals surface area contributed by atoms with Gasteiger partial charge in [0.05, 0.1) is 23.8 Å². The quantitative estimate of drug-likeness (QED) is 0.728. The predicted octanol–water partition coefficient (Wildman–Crippen LogP) is 2.13. The van der Waals surface area contributed by atoms with E-state index in [1.54, 1.807) is 7.05 Å². The number of carbonyl (C=O) groups excluding carboxylic acids is 3. The molecule has 2 aliphatic heterocycles. The number of likely N-dealkylation sites (N-methyl/N-ethyl adjacent to an activating group) is 1. The minimum atomic E-state index is -0.894. The van der Waals surface area contributed by atoms with Gasteiger partial charge in [-0.3, -0.25) is 19.1 Å². The van der Waals surface area contributed by atoms with Gasteiger partial charge < -0.3 is 15.1 Å². The molecular formula is C21H24ClFN6O4. The first-order valence-corrected chi connectivity index (χ1v) is 10.9. The summed E-state index contributed by atoms with van der Waals surface area (Å²) in [5.74, 6) is -1.27. The topological polar surface area (TPSA) is 100 Å². The van der Waals surface area contributed by atoms with Gasteiger partial charge >= 0.3 is 6.03 Å². The number of hydroxylamine groups is 2. The maximum absolute atomic E-state index is 13.4. The van der Waals surface area contributed by atoms with Crippen LogP contribution < -0.4 is 5.32 Å². The molecule has 12 heteroatoms. The molecule has 0 radical (unpaired) electrons. The van der Waals surface area contributed by atoms with Gasteiger partial charge in [0.1, 0.15) is 11.5 Å². The van der Waals surface area contributed by atoms with Crippen LogP contribution in [-0.2, 0) is 29.1 Å². The van der Waals surface area contributed by atoms with Gasteiger partial charge in [-0.2, -0.15) is 5.10 Å². The Labute approximate surface area is 194 Å². The van der Waals surface area contributed by atoms with E-state index in [9.17, 15) is 18.8 Å². The maximum Gasteiger partial charge on any atom is 0.322 e. The van der Waals surface area contributed by atoms with E-state index < -0.39 is 23.9 Å². The van der Waals surface area contributed by atoms with Gasteiger partial charge in [-0.1, -0.05) is 11.6 Å². The first-order chi connectivity index (χ1) is 15.7. The van der Waals surface area contributed by atoms with E-state index in [4.69, 9.17) is 16.4 Å². The monoisotopic (exact) mass is 478 g/mol. The van der Waals surface area contributed by atoms with Crippen molar-refractivity contribution in [1.29, 1.82) is 0 Å². The number of amides is 4. The second-order valence-corrected chi connectivity index (χ2v) is 8.34. The SMILES string of the molecule is CCN(C)C(=O)C1Cn2nc3c(c2C(=O)N(C)O1)CN(C(=O)Nc1ccc(F)c(Cl)c1)CC3. The zero-order valence-corrected chi connectivity index (χ0v) is 19.2. The number of halogens is 2. The first kappa shape index (κ1) is 23.0. The molecule has 1 aromatic heterocycles. The van der Waals surface area contributed by atoms with Gasteiger partial charge in [-0.05, 0) is 25.1 Å². The molecule has 0 bridgehead atoms. The van der Waals surface area contributed by atoms with Crippen LogP contribution in [0.15, 0.2) is 18.2 Å². The third kappa shape index (κ3) is 4.38. The summed E-state index contributed by atoms with van der Waals surface area (Å²) in [5, 5.41) is 8.20. The molecule has 176 valence electrons. The fraction of sp³-hybridized carbons (Fsp3) is 0.429. The molecule has 2 aliphatic rings. The lowest BCUT2D eigenvalue weighted by atomic mass is 10.1. The van der Waals surface area contributed by atoms with E-state index in [2.05, 4.69) is 10.4 Å². The zero-order valence-electron chi connectivity index (χ0n) is 18.5. The predicted molar refractivity (Wildman–Crippen MR) is 117 cm³/mol. The number of nitrogens with one attached hydrogen (secondary N) is 1. The summed E-state index contributed by atoms with van der Waals surface area (Å²) >= 11 is 5.79. The van der Waals surface area contributed by atoms with Crippen LogP contribution in [0.25, 0.3) is 0 Å². The highest BCUT2D eigenvalue weighted by Crippen LogP contribution is 2.27. The van der Waals surface area contributed by atoms with Crippen LogP contribution in [-0.4, -0.2) is 75.8 Å². The lowest BCUT2D eigenvalue weighted by Crippen LogP contribution is -2.43. The van der Waals surface area contributed by atoms with Crippen molar-refractivity contribution in [3.8, 4) is 0 Å². The van der Waals surface area contributed by atoms with Crippen molar-refractivity contribution in [1.82, 2.24) is 24.6 Å². The van der Waals surface area contributed by atoms with Crippen molar-refractivity contribution in [2.75, 3.05) is 32.5 Å². The summed E-state index contributed by atoms with van der Waals surface area (Å²) in [5.41, 5.74) is 1.98. The fourth-order valence-corrected chi connectivity index (χ4v) is 4.03. The van der Waals surface area contributed by atoms with E-state index in [0.29, 0.717) is 42.1 Å². The Hall–Kier alpha value is -3.18. The van der Waals surface area contributed by atoms with Gasteiger partial charge in [0.2, 0.25) is 0 Å². The van der Waals surface area contributed by atoms with Crippen molar-refractivity contribution >= 4 is 35.1 Å². The molecule has 10 nitrogen and oxygen atoms in total. The highest BCUT2D eigenvalue weighted by molar-refractivity contribution is 6.31. The molecule has 4 amide bonds. The molecule has 1 N–H and O–H groups in total. The Morgan fingerprint density at radius 2 is 2.15 bits per heavy atom. The normalized spacial score (nSPS) is 17.8. The Morgan fingerprint density at radius 3 is 2.85 bits per heavy atom. The van der Waals surface area contributed by atoms with Crippen LogP contribution in [0.1, 0.15) is 28.7 Å². The van der Waals surface area contributed by atoms with Crippen LogP contribution in [0.4, 0.5) is 14.9 Å². The Kier molecular flexibility index (Phi) is 6.26. The van der Waals surface area contributed by atoms with Crippen molar-refractivity contribution in [2.45, 2.75) is 32.5 Å². The van der Waals surface area contributed by atoms with Gasteiger partial charge in [0.25, 0.3) is 11.8 Å². The minimum Gasteiger partial charge on any atom is -0.344 e. The van der Waals surface area contributed by atoms with Crippen molar-refractivity contribution in [2.24, 2.45) is 0 Å². The molecular weight excluding hydrogens is 455 g/mol. The van der Waals surface area contributed by atoms with E-state index in [1.807, 2.05) is 6.92 Å². The number of aromatic nitrogens is 2. The molecule has 4 rings (SSSR count). The molecule has 0 saturated heterocycles. The maximum atomic E-state index is 13.4. The van der Waals surface area contributed by atoms with E-state index in [0.717, 1.165) is 5.06 Å². The second kappa shape index (κ2) is 8.99. The number of rotatable bonds is 3. The Morgan fingerprint density at radius 1 is 1.39 bits per heavy atom. The van der Waals surface area contributed by atoms with Gasteiger partial charge in [0, 0.05) is 44.9 Å². The molecule has 1 aromatic carbocycles. The second-order valence-electron chi connectivity index (χ2n) is 7.94. The zero-order chi connectivity index (χ0) is 23.9. The standard InChI is InChI=1S/C21H24ClFN6O4/c1-4-26(2)19(30)17-11-29-18(20(31)27(3)33-17)13-10-28(8-7-16(13)25-29)21(32)24-12-5-6-15(23)14(22)9-12/h5-6,9,17H,4,7-8,10-11H2,1-3H3,(H,24,32). The molecule has 0 saturated carbocycles. The van der Waals surface area contributed by atoms with E-state index >= 15 is 0 Å². The molecule has 33 heavy (non-hydrogen) atoms. The van der Waals surface area contributed by atoms with Crippen molar-refractivity contribution < 1.29 is 23.6 Å². The van der Waals surface area contributed by atoms with Crippen molar-refractivity contribution in [3.05, 3.63) is 46.0 Å². The molecule has 0 aliphatic carbocycles. The molecule has 2 aromatic rings. The number of hydrogen-bond donors (Lipinski definition) is 1. The number of anilines is 1. The van der Waals surface area contributed by atoms with Gasteiger partial charge in [0.15, 0.2) is 6.10 Å². The molecule has 0 fully saturated rings. The number of benzene rings is 1. The van der Waals surface area contributed by atoms with Gasteiger partial charge in [-0.25, -0.2) is 14.2 Å². The van der Waals surface area contributed by atoms with E-state index in [1.165, 1.54) is 39.7 Å². The van der Waals surface area contributed by atoms with Crippen LogP contribution >= 0.6 is 11.6 Å². The van der Waals surface area contributed by atoms with Crippen molar-refractivity contribution in [3.63, 3.8) is 0 Å². The summed E-state index contributed by atoms with van der Waals surface area (Å²) in [4.78, 5) is 47.2. The Bertz CT molecular complexity index is 1120. The number of fused-ring (bicyclic) bond motifs is 3. The minimum absolute atomic E-state index is 0.0852. The molecule has 0 spiro atoms. The molecule has 3 heterocycles. The number of nitrogens with zero attached hydrogens (tertiary/aromatic N) is 5. The largest absolute Gasteiger partial charge is 0.344 e. The van der Waals surface area contributed by atoms with Crippen LogP contribution in [0.5, 0.6) is 0 Å². The number of carbonyl (C=O) groups is 3. The average Bonchev–Trinajstić information content (AvgIpc) is 3.10. The number of urea groups is 1. The highest BCUT2D eigenvalue weighted by atomic mass is 35.5. The third-order valence-corrected chi connectivity index (χ3v) is 6.09. The summed E-state index contributed by atoms with van der Waals surface area (Å²) < 4.78 is 14.9. The summed E-state index contributed by atoms with van der Waals surface area (Å²) in [6.45, 7) is 2.97. The summed E-state index contributed by atoms with van der Waals surface area (Å²) in [7, 11) is 3.12. The first-order valence-electron chi connectivity index (χ1n) is 10.5. The Balaban J connectivity index is 1.57. The molecule has 1 unspecified atom stereocenters. The van der Waals surface area contributed by atoms with Gasteiger partial charge in [-0.15, -0.1) is 0 Å². The van der Waals surface area contributed by atoms with Crippen LogP contribution in [0, 0.1) is 5.82 Å². The van der Waals surface area contributed by atoms with Crippen LogP contribution in [0.2, 0.25) is 5.02 Å². The highest BCUT2D eigenvalue weighted by Gasteiger charge is 2.38. The lowest BCUT2D eigenvalue weighted by molar-refractivity contribution is -0.175. The average molecular weight is 479 g/mol. The van der Waals surface area contributed by atoms with Crippen LogP contribution in [0.3, 0.4) is 0 Å². The smallest absolute Gasteiger partial charge is 0.322 e. The third-order valence-electron chi connectivity index (χ3n) is 5.80. The summed E-state index contributed by atoms with van der Waals surface area (Å²) in [6.07, 6.45) is -0.452. The fourth-order valence-electron chi connectivity index (χ4n) is 3.85. The lowest BCUT2D eigenvalue weighted by Gasteiger charge is -2.27. The summed E-state index contributed by atoms with van der Waals surface area (Å²) in [6, 6.07) is 3.51. The molecule has 1 atom stereocenters. The number of hydrogen-bond acceptors (Lipinski definition) is 5. The van der Waals surface area contributed by atoms with E-state index in [-0.39, 0.29) is 24.0 Å².